The average molecular weight is 326 g/mol. The maximum Gasteiger partial charge on any atom is 0.336 e. The summed E-state index contributed by atoms with van der Waals surface area (Å²) < 4.78 is 1.06. The third-order valence-electron chi connectivity index (χ3n) is 2.54. The van der Waals surface area contributed by atoms with Crippen molar-refractivity contribution in [2.75, 3.05) is 5.32 Å². The monoisotopic (exact) mass is 325 g/mol. The molecule has 0 saturated heterocycles. The van der Waals surface area contributed by atoms with Gasteiger partial charge >= 0.3 is 5.97 Å². The molecular weight excluding hydrogens is 314 g/mol. The van der Waals surface area contributed by atoms with Crippen LogP contribution in [0.4, 0.5) is 5.69 Å². The van der Waals surface area contributed by atoms with E-state index in [1.54, 1.807) is 11.4 Å². The van der Waals surface area contributed by atoms with Crippen LogP contribution in [0.25, 0.3) is 0 Å². The molecule has 3 nitrogen and oxygen atoms in total. The molecule has 0 aliphatic carbocycles. The molecule has 0 bridgehead atoms. The van der Waals surface area contributed by atoms with Crippen LogP contribution in [0.3, 0.4) is 0 Å². The van der Waals surface area contributed by atoms with Gasteiger partial charge < -0.3 is 10.4 Å². The Kier molecular flexibility index (Phi) is 4.04. The van der Waals surface area contributed by atoms with Gasteiger partial charge in [-0.05, 0) is 30.7 Å². The number of carboxylic acid groups (broad SMARTS) is 1. The molecule has 0 amide bonds. The fraction of sp³-hybridized carbons (Fsp3) is 0.154. The molecule has 0 radical (unpaired) electrons. The molecule has 2 N–H and O–H groups in total. The van der Waals surface area contributed by atoms with Crippen molar-refractivity contribution in [2.24, 2.45) is 0 Å². The van der Waals surface area contributed by atoms with Gasteiger partial charge in [0.15, 0.2) is 0 Å². The fourth-order valence-corrected chi connectivity index (χ4v) is 2.65. The third-order valence-corrected chi connectivity index (χ3v) is 4.33. The molecule has 94 valence electrons. The molecule has 5 heteroatoms. The van der Waals surface area contributed by atoms with Crippen LogP contribution in [-0.2, 0) is 6.54 Å². The minimum absolute atomic E-state index is 0.349. The summed E-state index contributed by atoms with van der Waals surface area (Å²) in [5, 5.41) is 13.8. The van der Waals surface area contributed by atoms with Crippen molar-refractivity contribution >= 4 is 38.9 Å². The van der Waals surface area contributed by atoms with Gasteiger partial charge in [0.2, 0.25) is 0 Å². The zero-order valence-electron chi connectivity index (χ0n) is 9.74. The minimum atomic E-state index is -0.879. The summed E-state index contributed by atoms with van der Waals surface area (Å²) in [4.78, 5) is 11.8. The van der Waals surface area contributed by atoms with Crippen molar-refractivity contribution in [2.45, 2.75) is 13.5 Å². The lowest BCUT2D eigenvalue weighted by Gasteiger charge is -2.06. The summed E-state index contributed by atoms with van der Waals surface area (Å²) in [5.41, 5.74) is 2.55. The van der Waals surface area contributed by atoms with Crippen molar-refractivity contribution in [3.63, 3.8) is 0 Å². The first-order valence-electron chi connectivity index (χ1n) is 5.37. The number of rotatable bonds is 4. The van der Waals surface area contributed by atoms with Gasteiger partial charge in [-0.2, -0.15) is 0 Å². The largest absolute Gasteiger partial charge is 0.478 e. The quantitative estimate of drug-likeness (QED) is 0.888. The summed E-state index contributed by atoms with van der Waals surface area (Å²) in [6, 6.07) is 7.75. The Balaban J connectivity index is 2.02. The second kappa shape index (κ2) is 5.54. The highest BCUT2D eigenvalue weighted by Crippen LogP contribution is 2.22. The van der Waals surface area contributed by atoms with E-state index in [0.717, 1.165) is 15.0 Å². The van der Waals surface area contributed by atoms with Crippen LogP contribution in [0.15, 0.2) is 34.1 Å². The van der Waals surface area contributed by atoms with Gasteiger partial charge in [-0.25, -0.2) is 4.79 Å². The first kappa shape index (κ1) is 13.1. The normalized spacial score (nSPS) is 10.3. The smallest absolute Gasteiger partial charge is 0.336 e. The highest BCUT2D eigenvalue weighted by Gasteiger charge is 2.06. The molecule has 2 rings (SSSR count). The maximum atomic E-state index is 10.8. The van der Waals surface area contributed by atoms with Gasteiger partial charge in [0, 0.05) is 27.0 Å². The van der Waals surface area contributed by atoms with E-state index in [9.17, 15) is 4.79 Å². The molecule has 0 atom stereocenters. The van der Waals surface area contributed by atoms with Gasteiger partial charge in [0.05, 0.1) is 5.56 Å². The molecular formula is C13H12BrNO2S. The number of nitrogens with one attached hydrogen (secondary N) is 1. The standard InChI is InChI=1S/C13H12BrNO2S/c1-8-2-3-10(5-12(8)14)15-6-11-4-9(7-18-11)13(16)17/h2-5,7,15H,6H2,1H3,(H,16,17). The topological polar surface area (TPSA) is 49.3 Å². The third kappa shape index (κ3) is 3.11. The van der Waals surface area contributed by atoms with Crippen molar-refractivity contribution < 1.29 is 9.90 Å². The van der Waals surface area contributed by atoms with E-state index >= 15 is 0 Å². The van der Waals surface area contributed by atoms with Crippen molar-refractivity contribution in [3.8, 4) is 0 Å². The number of anilines is 1. The highest BCUT2D eigenvalue weighted by molar-refractivity contribution is 9.10. The van der Waals surface area contributed by atoms with E-state index in [0.29, 0.717) is 12.1 Å². The Hall–Kier alpha value is -1.33. The number of thiophene rings is 1. The molecule has 0 unspecified atom stereocenters. The Morgan fingerprint density at radius 2 is 2.22 bits per heavy atom. The van der Waals surface area contributed by atoms with E-state index < -0.39 is 5.97 Å². The zero-order chi connectivity index (χ0) is 13.1. The van der Waals surface area contributed by atoms with Crippen LogP contribution in [0, 0.1) is 6.92 Å². The minimum Gasteiger partial charge on any atom is -0.478 e. The Bertz CT molecular complexity index is 580. The van der Waals surface area contributed by atoms with E-state index in [4.69, 9.17) is 5.11 Å². The molecule has 0 aliphatic rings. The number of aromatic carboxylic acids is 1. The number of carbonyl (C=O) groups is 1. The van der Waals surface area contributed by atoms with Gasteiger partial charge in [-0.3, -0.25) is 0 Å². The van der Waals surface area contributed by atoms with Crippen molar-refractivity contribution in [3.05, 3.63) is 50.1 Å². The van der Waals surface area contributed by atoms with Gasteiger partial charge in [0.25, 0.3) is 0 Å². The van der Waals surface area contributed by atoms with Crippen LogP contribution < -0.4 is 5.32 Å². The Morgan fingerprint density at radius 1 is 1.44 bits per heavy atom. The van der Waals surface area contributed by atoms with E-state index in [-0.39, 0.29) is 0 Å². The second-order valence-corrected chi connectivity index (χ2v) is 5.77. The van der Waals surface area contributed by atoms with E-state index in [2.05, 4.69) is 21.2 Å². The lowest BCUT2D eigenvalue weighted by Crippen LogP contribution is -1.98. The molecule has 0 aliphatic heterocycles. The summed E-state index contributed by atoms with van der Waals surface area (Å²) in [6.45, 7) is 2.67. The molecule has 0 saturated carbocycles. The lowest BCUT2D eigenvalue weighted by atomic mass is 10.2. The Labute approximate surface area is 118 Å². The number of carboxylic acids is 1. The van der Waals surface area contributed by atoms with Gasteiger partial charge in [-0.15, -0.1) is 11.3 Å². The first-order chi connectivity index (χ1) is 8.56. The molecule has 18 heavy (non-hydrogen) atoms. The fourth-order valence-electron chi connectivity index (χ4n) is 1.48. The van der Waals surface area contributed by atoms with Crippen molar-refractivity contribution in [1.82, 2.24) is 0 Å². The highest BCUT2D eigenvalue weighted by atomic mass is 79.9. The first-order valence-corrected chi connectivity index (χ1v) is 7.04. The predicted octanol–water partition coefficient (Wildman–Crippen LogP) is 4.13. The van der Waals surface area contributed by atoms with Crippen LogP contribution in [0.5, 0.6) is 0 Å². The molecule has 1 heterocycles. The summed E-state index contributed by atoms with van der Waals surface area (Å²) >= 11 is 4.93. The molecule has 1 aromatic carbocycles. The molecule has 1 aromatic heterocycles. The molecule has 0 spiro atoms. The van der Waals surface area contributed by atoms with Gasteiger partial charge in [0.1, 0.15) is 0 Å². The number of halogens is 1. The predicted molar refractivity (Wildman–Crippen MR) is 77.5 cm³/mol. The SMILES string of the molecule is Cc1ccc(NCc2cc(C(=O)O)cs2)cc1Br. The molecule has 0 fully saturated rings. The number of hydrogen-bond donors (Lipinski definition) is 2. The number of aryl methyl sites for hydroxylation is 1. The molecule has 2 aromatic rings. The lowest BCUT2D eigenvalue weighted by molar-refractivity contribution is 0.0697. The van der Waals surface area contributed by atoms with E-state index in [1.165, 1.54) is 16.9 Å². The zero-order valence-corrected chi connectivity index (χ0v) is 12.1. The van der Waals surface area contributed by atoms with Crippen LogP contribution in [0.1, 0.15) is 20.8 Å². The second-order valence-electron chi connectivity index (χ2n) is 3.92. The number of benzene rings is 1. The number of hydrogen-bond acceptors (Lipinski definition) is 3. The van der Waals surface area contributed by atoms with Crippen molar-refractivity contribution in [1.29, 1.82) is 0 Å². The summed E-state index contributed by atoms with van der Waals surface area (Å²) in [5.74, 6) is -0.879. The van der Waals surface area contributed by atoms with E-state index in [1.807, 2.05) is 25.1 Å². The van der Waals surface area contributed by atoms with Crippen LogP contribution in [0.2, 0.25) is 0 Å². The maximum absolute atomic E-state index is 10.8. The Morgan fingerprint density at radius 3 is 2.83 bits per heavy atom. The van der Waals surface area contributed by atoms with Crippen LogP contribution in [-0.4, -0.2) is 11.1 Å². The average Bonchev–Trinajstić information content (AvgIpc) is 2.79. The van der Waals surface area contributed by atoms with Gasteiger partial charge in [-0.1, -0.05) is 22.0 Å². The summed E-state index contributed by atoms with van der Waals surface area (Å²) in [6.07, 6.45) is 0. The van der Waals surface area contributed by atoms with Crippen LogP contribution >= 0.6 is 27.3 Å². The summed E-state index contributed by atoms with van der Waals surface area (Å²) in [7, 11) is 0.